The molecular formula is C10H17N3S. The van der Waals surface area contributed by atoms with Crippen molar-refractivity contribution < 1.29 is 0 Å². The number of nitrogens with one attached hydrogen (secondary N) is 1. The highest BCUT2D eigenvalue weighted by Crippen LogP contribution is 2.08. The first-order valence-corrected chi connectivity index (χ1v) is 6.07. The Bertz CT molecular complexity index is 278. The lowest BCUT2D eigenvalue weighted by Crippen LogP contribution is -2.14. The van der Waals surface area contributed by atoms with Gasteiger partial charge in [0.25, 0.3) is 0 Å². The molecule has 0 amide bonds. The average molecular weight is 211 g/mol. The number of anilines is 2. The molecule has 0 fully saturated rings. The van der Waals surface area contributed by atoms with Crippen LogP contribution in [0.4, 0.5) is 11.6 Å². The fourth-order valence-corrected chi connectivity index (χ4v) is 1.86. The molecule has 0 saturated heterocycles. The summed E-state index contributed by atoms with van der Waals surface area (Å²) in [6.07, 6.45) is 2.12. The Morgan fingerprint density at radius 3 is 3.00 bits per heavy atom. The maximum Gasteiger partial charge on any atom is 0.128 e. The van der Waals surface area contributed by atoms with E-state index in [0.717, 1.165) is 18.1 Å². The van der Waals surface area contributed by atoms with Crippen LogP contribution in [-0.4, -0.2) is 23.5 Å². The van der Waals surface area contributed by atoms with Crippen LogP contribution in [0.25, 0.3) is 0 Å². The van der Waals surface area contributed by atoms with Crippen molar-refractivity contribution in [2.45, 2.75) is 6.92 Å². The lowest BCUT2D eigenvalue weighted by atomic mass is 10.2. The molecule has 1 atom stereocenters. The zero-order valence-electron chi connectivity index (χ0n) is 8.66. The summed E-state index contributed by atoms with van der Waals surface area (Å²) < 4.78 is 0. The number of nitrogens with zero attached hydrogens (tertiary/aromatic N) is 1. The van der Waals surface area contributed by atoms with E-state index in [2.05, 4.69) is 23.5 Å². The van der Waals surface area contributed by atoms with Gasteiger partial charge in [0.1, 0.15) is 11.6 Å². The van der Waals surface area contributed by atoms with Gasteiger partial charge in [-0.15, -0.1) is 0 Å². The maximum absolute atomic E-state index is 5.57. The van der Waals surface area contributed by atoms with Crippen molar-refractivity contribution in [3.63, 3.8) is 0 Å². The van der Waals surface area contributed by atoms with Crippen LogP contribution in [-0.2, 0) is 0 Å². The van der Waals surface area contributed by atoms with Crippen LogP contribution in [0.2, 0.25) is 0 Å². The van der Waals surface area contributed by atoms with E-state index in [9.17, 15) is 0 Å². The van der Waals surface area contributed by atoms with Gasteiger partial charge in [0.05, 0.1) is 0 Å². The van der Waals surface area contributed by atoms with Crippen molar-refractivity contribution in [1.82, 2.24) is 4.98 Å². The van der Waals surface area contributed by atoms with Crippen molar-refractivity contribution in [1.29, 1.82) is 0 Å². The zero-order chi connectivity index (χ0) is 10.4. The van der Waals surface area contributed by atoms with Crippen LogP contribution in [0.5, 0.6) is 0 Å². The van der Waals surface area contributed by atoms with Gasteiger partial charge in [-0.1, -0.05) is 13.0 Å². The van der Waals surface area contributed by atoms with Gasteiger partial charge in [-0.3, -0.25) is 0 Å². The molecule has 0 saturated carbocycles. The van der Waals surface area contributed by atoms with Crippen LogP contribution in [0.3, 0.4) is 0 Å². The first-order valence-electron chi connectivity index (χ1n) is 4.67. The molecule has 14 heavy (non-hydrogen) atoms. The Morgan fingerprint density at radius 2 is 2.36 bits per heavy atom. The molecule has 0 aliphatic rings. The number of rotatable bonds is 5. The predicted octanol–water partition coefficient (Wildman–Crippen LogP) is 2.07. The first kappa shape index (κ1) is 11.2. The smallest absolute Gasteiger partial charge is 0.128 e. The summed E-state index contributed by atoms with van der Waals surface area (Å²) in [5.41, 5.74) is 5.57. The van der Waals surface area contributed by atoms with Crippen LogP contribution in [0.1, 0.15) is 6.92 Å². The maximum atomic E-state index is 5.57. The van der Waals surface area contributed by atoms with E-state index in [1.807, 2.05) is 23.9 Å². The lowest BCUT2D eigenvalue weighted by molar-refractivity contribution is 0.700. The highest BCUT2D eigenvalue weighted by Gasteiger charge is 2.01. The van der Waals surface area contributed by atoms with E-state index in [-0.39, 0.29) is 0 Å². The Hall–Kier alpha value is -0.900. The minimum Gasteiger partial charge on any atom is -0.384 e. The van der Waals surface area contributed by atoms with E-state index in [1.54, 1.807) is 6.07 Å². The molecule has 3 N–H and O–H groups in total. The molecule has 0 aliphatic carbocycles. The van der Waals surface area contributed by atoms with Gasteiger partial charge in [-0.25, -0.2) is 4.98 Å². The normalized spacial score (nSPS) is 12.4. The second kappa shape index (κ2) is 5.75. The van der Waals surface area contributed by atoms with E-state index >= 15 is 0 Å². The van der Waals surface area contributed by atoms with E-state index in [4.69, 9.17) is 5.73 Å². The number of hydrogen-bond donors (Lipinski definition) is 2. The highest BCUT2D eigenvalue weighted by atomic mass is 32.2. The molecule has 0 spiro atoms. The largest absolute Gasteiger partial charge is 0.384 e. The summed E-state index contributed by atoms with van der Waals surface area (Å²) >= 11 is 1.86. The first-order chi connectivity index (χ1) is 6.72. The summed E-state index contributed by atoms with van der Waals surface area (Å²) in [6.45, 7) is 3.16. The Balaban J connectivity index is 2.37. The number of hydrogen-bond acceptors (Lipinski definition) is 4. The van der Waals surface area contributed by atoms with E-state index in [0.29, 0.717) is 11.7 Å². The van der Waals surface area contributed by atoms with Crippen molar-refractivity contribution in [3.8, 4) is 0 Å². The van der Waals surface area contributed by atoms with Crippen molar-refractivity contribution in [2.75, 3.05) is 29.6 Å². The Labute approximate surface area is 89.5 Å². The molecule has 1 aromatic rings. The molecule has 0 bridgehead atoms. The van der Waals surface area contributed by atoms with E-state index in [1.165, 1.54) is 0 Å². The zero-order valence-corrected chi connectivity index (χ0v) is 9.47. The molecule has 1 aromatic heterocycles. The van der Waals surface area contributed by atoms with Gasteiger partial charge in [-0.2, -0.15) is 11.8 Å². The SMILES string of the molecule is CSCC(C)CNc1cccc(N)n1. The third-order valence-electron chi connectivity index (χ3n) is 1.85. The van der Waals surface area contributed by atoms with Crippen LogP contribution in [0.15, 0.2) is 18.2 Å². The highest BCUT2D eigenvalue weighted by molar-refractivity contribution is 7.98. The van der Waals surface area contributed by atoms with Crippen molar-refractivity contribution in [3.05, 3.63) is 18.2 Å². The molecule has 1 unspecified atom stereocenters. The Morgan fingerprint density at radius 1 is 1.57 bits per heavy atom. The van der Waals surface area contributed by atoms with E-state index < -0.39 is 0 Å². The molecule has 0 aliphatic heterocycles. The third kappa shape index (κ3) is 3.87. The fourth-order valence-electron chi connectivity index (χ4n) is 1.17. The van der Waals surface area contributed by atoms with Gasteiger partial charge in [0.2, 0.25) is 0 Å². The number of nitrogen functional groups attached to an aromatic ring is 1. The third-order valence-corrected chi connectivity index (χ3v) is 2.76. The Kier molecular flexibility index (Phi) is 4.59. The number of thioether (sulfide) groups is 1. The second-order valence-corrected chi connectivity index (χ2v) is 4.30. The average Bonchev–Trinajstić information content (AvgIpc) is 2.15. The van der Waals surface area contributed by atoms with Gasteiger partial charge >= 0.3 is 0 Å². The molecule has 0 aromatic carbocycles. The molecule has 4 heteroatoms. The second-order valence-electron chi connectivity index (χ2n) is 3.39. The molecular weight excluding hydrogens is 194 g/mol. The standard InChI is InChI=1S/C10H17N3S/c1-8(7-14-2)6-12-10-5-3-4-9(11)13-10/h3-5,8H,6-7H2,1-2H3,(H3,11,12,13). The molecule has 0 radical (unpaired) electrons. The number of pyridine rings is 1. The number of aromatic nitrogens is 1. The fraction of sp³-hybridized carbons (Fsp3) is 0.500. The quantitative estimate of drug-likeness (QED) is 0.783. The minimum atomic E-state index is 0.563. The van der Waals surface area contributed by atoms with Crippen molar-refractivity contribution in [2.24, 2.45) is 5.92 Å². The monoisotopic (exact) mass is 211 g/mol. The van der Waals surface area contributed by atoms with Crippen LogP contribution >= 0.6 is 11.8 Å². The summed E-state index contributed by atoms with van der Waals surface area (Å²) in [5, 5.41) is 3.27. The summed E-state index contributed by atoms with van der Waals surface area (Å²) in [4.78, 5) is 4.17. The van der Waals surface area contributed by atoms with Crippen molar-refractivity contribution >= 4 is 23.4 Å². The van der Waals surface area contributed by atoms with Gasteiger partial charge in [0, 0.05) is 6.54 Å². The molecule has 1 heterocycles. The summed E-state index contributed by atoms with van der Waals surface area (Å²) in [5.74, 6) is 3.23. The molecule has 1 rings (SSSR count). The topological polar surface area (TPSA) is 50.9 Å². The lowest BCUT2D eigenvalue weighted by Gasteiger charge is -2.11. The molecule has 3 nitrogen and oxygen atoms in total. The van der Waals surface area contributed by atoms with Gasteiger partial charge in [0.15, 0.2) is 0 Å². The van der Waals surface area contributed by atoms with Gasteiger partial charge in [-0.05, 0) is 30.1 Å². The summed E-state index contributed by atoms with van der Waals surface area (Å²) in [7, 11) is 0. The molecule has 78 valence electrons. The van der Waals surface area contributed by atoms with Crippen LogP contribution < -0.4 is 11.1 Å². The summed E-state index contributed by atoms with van der Waals surface area (Å²) in [6, 6.07) is 5.63. The minimum absolute atomic E-state index is 0.563. The van der Waals surface area contributed by atoms with Crippen LogP contribution in [0, 0.1) is 5.92 Å². The predicted molar refractivity (Wildman–Crippen MR) is 64.7 cm³/mol. The number of nitrogens with two attached hydrogens (primary N) is 1. The van der Waals surface area contributed by atoms with Gasteiger partial charge < -0.3 is 11.1 Å².